The Morgan fingerprint density at radius 2 is 2.29 bits per heavy atom. The van der Waals surface area contributed by atoms with Gasteiger partial charge in [-0.1, -0.05) is 6.07 Å². The molecule has 0 amide bonds. The first kappa shape index (κ1) is 9.30. The lowest BCUT2D eigenvalue weighted by atomic mass is 10.1. The molecule has 0 aliphatic carbocycles. The lowest BCUT2D eigenvalue weighted by Gasteiger charge is -2.09. The maximum atomic E-state index is 6.03. The molecule has 2 aromatic heterocycles. The first-order chi connectivity index (χ1) is 6.86. The predicted molar refractivity (Wildman–Crippen MR) is 57.0 cm³/mol. The second-order valence-corrected chi connectivity index (χ2v) is 4.04. The second-order valence-electron chi connectivity index (χ2n) is 3.06. The summed E-state index contributed by atoms with van der Waals surface area (Å²) < 4.78 is 0. The lowest BCUT2D eigenvalue weighted by Crippen LogP contribution is -2.12. The zero-order valence-corrected chi connectivity index (χ0v) is 8.45. The van der Waals surface area contributed by atoms with Crippen molar-refractivity contribution in [3.05, 3.63) is 46.7 Å². The van der Waals surface area contributed by atoms with Crippen molar-refractivity contribution in [1.29, 1.82) is 0 Å². The molecule has 0 aromatic carbocycles. The van der Waals surface area contributed by atoms with Gasteiger partial charge in [0.05, 0.1) is 5.51 Å². The van der Waals surface area contributed by atoms with Gasteiger partial charge in [-0.05, 0) is 11.6 Å². The van der Waals surface area contributed by atoms with Crippen molar-refractivity contribution in [1.82, 2.24) is 9.97 Å². The zero-order valence-electron chi connectivity index (χ0n) is 7.63. The third kappa shape index (κ3) is 2.16. The first-order valence-corrected chi connectivity index (χ1v) is 5.27. The van der Waals surface area contributed by atoms with E-state index in [4.69, 9.17) is 5.73 Å². The topological polar surface area (TPSA) is 51.8 Å². The van der Waals surface area contributed by atoms with E-state index in [0.717, 1.165) is 12.0 Å². The van der Waals surface area contributed by atoms with Crippen LogP contribution in [-0.4, -0.2) is 9.97 Å². The zero-order chi connectivity index (χ0) is 9.80. The Kier molecular flexibility index (Phi) is 2.86. The van der Waals surface area contributed by atoms with Crippen molar-refractivity contribution in [2.45, 2.75) is 12.5 Å². The second kappa shape index (κ2) is 4.30. The van der Waals surface area contributed by atoms with Crippen molar-refractivity contribution in [2.24, 2.45) is 5.73 Å². The first-order valence-electron chi connectivity index (χ1n) is 4.39. The number of hydrogen-bond donors (Lipinski definition) is 1. The van der Waals surface area contributed by atoms with E-state index in [2.05, 4.69) is 9.97 Å². The van der Waals surface area contributed by atoms with Crippen molar-refractivity contribution >= 4 is 11.3 Å². The highest BCUT2D eigenvalue weighted by Gasteiger charge is 2.07. The van der Waals surface area contributed by atoms with Gasteiger partial charge in [-0.25, -0.2) is 0 Å². The smallest absolute Gasteiger partial charge is 0.0794 e. The molecular formula is C10H11N3S. The molecule has 4 heteroatoms. The van der Waals surface area contributed by atoms with E-state index in [9.17, 15) is 0 Å². The van der Waals surface area contributed by atoms with Crippen LogP contribution in [0.5, 0.6) is 0 Å². The van der Waals surface area contributed by atoms with Crippen LogP contribution in [0.1, 0.15) is 16.5 Å². The van der Waals surface area contributed by atoms with Crippen LogP contribution in [-0.2, 0) is 6.42 Å². The van der Waals surface area contributed by atoms with Crippen molar-refractivity contribution in [3.63, 3.8) is 0 Å². The minimum atomic E-state index is 0.0177. The molecule has 2 aromatic rings. The molecule has 0 saturated carbocycles. The van der Waals surface area contributed by atoms with E-state index in [0.29, 0.717) is 0 Å². The highest BCUT2D eigenvalue weighted by atomic mass is 32.1. The predicted octanol–water partition coefficient (Wildman–Crippen LogP) is 1.78. The summed E-state index contributed by atoms with van der Waals surface area (Å²) in [6.45, 7) is 0. The molecule has 0 aliphatic heterocycles. The van der Waals surface area contributed by atoms with Crippen LogP contribution < -0.4 is 5.73 Å². The summed E-state index contributed by atoms with van der Waals surface area (Å²) in [5.74, 6) is 0. The molecule has 2 N–H and O–H groups in total. The van der Waals surface area contributed by atoms with E-state index in [1.807, 2.05) is 30.0 Å². The Balaban J connectivity index is 2.07. The van der Waals surface area contributed by atoms with Gasteiger partial charge < -0.3 is 5.73 Å². The SMILES string of the molecule is NC(Cc1cncs1)c1cccnc1. The molecule has 1 unspecified atom stereocenters. The van der Waals surface area contributed by atoms with Crippen molar-refractivity contribution < 1.29 is 0 Å². The van der Waals surface area contributed by atoms with Gasteiger partial charge in [-0.3, -0.25) is 9.97 Å². The third-order valence-electron chi connectivity index (χ3n) is 2.02. The molecule has 0 saturated heterocycles. The highest BCUT2D eigenvalue weighted by Crippen LogP contribution is 2.16. The summed E-state index contributed by atoms with van der Waals surface area (Å²) in [4.78, 5) is 9.27. The average Bonchev–Trinajstić information content (AvgIpc) is 2.72. The maximum absolute atomic E-state index is 6.03. The number of thiazole rings is 1. The number of rotatable bonds is 3. The summed E-state index contributed by atoms with van der Waals surface area (Å²) in [6.07, 6.45) is 6.26. The minimum absolute atomic E-state index is 0.0177. The van der Waals surface area contributed by atoms with Crippen LogP contribution in [0.4, 0.5) is 0 Å². The number of aromatic nitrogens is 2. The van der Waals surface area contributed by atoms with E-state index >= 15 is 0 Å². The summed E-state index contributed by atoms with van der Waals surface area (Å²) in [6, 6.07) is 3.92. The molecule has 0 radical (unpaired) electrons. The number of hydrogen-bond acceptors (Lipinski definition) is 4. The average molecular weight is 205 g/mol. The largest absolute Gasteiger partial charge is 0.324 e. The van der Waals surface area contributed by atoms with Crippen LogP contribution >= 0.6 is 11.3 Å². The van der Waals surface area contributed by atoms with Crippen LogP contribution in [0.3, 0.4) is 0 Å². The Morgan fingerprint density at radius 3 is 2.93 bits per heavy atom. The van der Waals surface area contributed by atoms with Crippen LogP contribution in [0.15, 0.2) is 36.2 Å². The molecule has 0 spiro atoms. The van der Waals surface area contributed by atoms with Crippen molar-refractivity contribution in [2.75, 3.05) is 0 Å². The molecule has 2 rings (SSSR count). The van der Waals surface area contributed by atoms with E-state index in [1.54, 1.807) is 17.5 Å². The fourth-order valence-electron chi connectivity index (χ4n) is 1.27. The summed E-state index contributed by atoms with van der Waals surface area (Å²) in [5, 5.41) is 0. The molecule has 1 atom stereocenters. The number of pyridine rings is 1. The summed E-state index contributed by atoms with van der Waals surface area (Å²) >= 11 is 1.63. The molecule has 3 nitrogen and oxygen atoms in total. The van der Waals surface area contributed by atoms with E-state index in [-0.39, 0.29) is 6.04 Å². The maximum Gasteiger partial charge on any atom is 0.0794 e. The molecular weight excluding hydrogens is 194 g/mol. The Morgan fingerprint density at radius 1 is 1.36 bits per heavy atom. The van der Waals surface area contributed by atoms with E-state index in [1.165, 1.54) is 4.88 Å². The Labute approximate surface area is 86.6 Å². The minimum Gasteiger partial charge on any atom is -0.324 e. The van der Waals surface area contributed by atoms with Crippen molar-refractivity contribution in [3.8, 4) is 0 Å². The quantitative estimate of drug-likeness (QED) is 0.831. The normalized spacial score (nSPS) is 12.6. The molecule has 0 bridgehead atoms. The molecule has 0 fully saturated rings. The van der Waals surface area contributed by atoms with Gasteiger partial charge in [0.1, 0.15) is 0 Å². The molecule has 14 heavy (non-hydrogen) atoms. The lowest BCUT2D eigenvalue weighted by molar-refractivity contribution is 0.725. The summed E-state index contributed by atoms with van der Waals surface area (Å²) in [5.41, 5.74) is 8.92. The number of nitrogens with zero attached hydrogens (tertiary/aromatic N) is 2. The molecule has 0 aliphatic rings. The molecule has 72 valence electrons. The Hall–Kier alpha value is -1.26. The van der Waals surface area contributed by atoms with Crippen LogP contribution in [0, 0.1) is 0 Å². The fourth-order valence-corrected chi connectivity index (χ4v) is 1.93. The van der Waals surface area contributed by atoms with Gasteiger partial charge in [0.2, 0.25) is 0 Å². The fraction of sp³-hybridized carbons (Fsp3) is 0.200. The van der Waals surface area contributed by atoms with Gasteiger partial charge in [-0.15, -0.1) is 11.3 Å². The van der Waals surface area contributed by atoms with E-state index < -0.39 is 0 Å². The summed E-state index contributed by atoms with van der Waals surface area (Å²) in [7, 11) is 0. The monoisotopic (exact) mass is 205 g/mol. The third-order valence-corrected chi connectivity index (χ3v) is 2.82. The van der Waals surface area contributed by atoms with Gasteiger partial charge in [0.15, 0.2) is 0 Å². The Bertz CT molecular complexity index is 372. The van der Waals surface area contributed by atoms with Crippen LogP contribution in [0.2, 0.25) is 0 Å². The van der Waals surface area contributed by atoms with Gasteiger partial charge in [0.25, 0.3) is 0 Å². The van der Waals surface area contributed by atoms with Gasteiger partial charge in [-0.2, -0.15) is 0 Å². The van der Waals surface area contributed by atoms with Crippen LogP contribution in [0.25, 0.3) is 0 Å². The molecule has 2 heterocycles. The number of nitrogens with two attached hydrogens (primary N) is 1. The van der Waals surface area contributed by atoms with Gasteiger partial charge in [0, 0.05) is 35.9 Å². The standard InChI is InChI=1S/C10H11N3S/c11-10(4-9-6-13-7-14-9)8-2-1-3-12-5-8/h1-3,5-7,10H,4,11H2. The van der Waals surface area contributed by atoms with Gasteiger partial charge >= 0.3 is 0 Å². The highest BCUT2D eigenvalue weighted by molar-refractivity contribution is 7.09.